The van der Waals surface area contributed by atoms with E-state index in [9.17, 15) is 4.79 Å². The van der Waals surface area contributed by atoms with E-state index in [2.05, 4.69) is 37.9 Å². The van der Waals surface area contributed by atoms with Crippen LogP contribution < -0.4 is 0 Å². The Hall–Kier alpha value is -4.20. The molecule has 5 aromatic rings. The van der Waals surface area contributed by atoms with E-state index in [1.807, 2.05) is 49.8 Å². The Morgan fingerprint density at radius 1 is 1.03 bits per heavy atom. The second kappa shape index (κ2) is 7.56. The van der Waals surface area contributed by atoms with E-state index in [0.717, 1.165) is 28.2 Å². The highest BCUT2D eigenvalue weighted by molar-refractivity contribution is 5.92. The van der Waals surface area contributed by atoms with Gasteiger partial charge in [-0.05, 0) is 36.4 Å². The van der Waals surface area contributed by atoms with Crippen molar-refractivity contribution in [3.8, 4) is 16.9 Å². The molecule has 8 heteroatoms. The fourth-order valence-corrected chi connectivity index (χ4v) is 3.58. The first-order chi connectivity index (χ1) is 15.1. The summed E-state index contributed by atoms with van der Waals surface area (Å²) in [5, 5.41) is 8.79. The minimum absolute atomic E-state index is 0.152. The van der Waals surface area contributed by atoms with Gasteiger partial charge in [0.2, 0.25) is 0 Å². The number of fused-ring (bicyclic) bond motifs is 1. The summed E-state index contributed by atoms with van der Waals surface area (Å²) >= 11 is 0. The summed E-state index contributed by atoms with van der Waals surface area (Å²) in [6.07, 6.45) is 9.40. The van der Waals surface area contributed by atoms with Crippen molar-refractivity contribution in [3.63, 3.8) is 0 Å². The number of aryl methyl sites for hydroxylation is 1. The normalized spacial score (nSPS) is 11.2. The standard InChI is InChI=1S/C23H21N7O/c1-27(16-19-5-3-4-11-24-19)23(31)21-10-12-30(26-21)22-9-8-20-7-6-17(15-29(20)22)18-13-25-28(2)14-18/h3-15H,16H2,1-2H3. The maximum atomic E-state index is 12.8. The lowest BCUT2D eigenvalue weighted by atomic mass is 10.1. The molecule has 0 spiro atoms. The monoisotopic (exact) mass is 411 g/mol. The smallest absolute Gasteiger partial charge is 0.274 e. The number of aromatic nitrogens is 6. The van der Waals surface area contributed by atoms with Crippen LogP contribution in [-0.4, -0.2) is 46.8 Å². The molecule has 0 aliphatic heterocycles. The highest BCUT2D eigenvalue weighted by Crippen LogP contribution is 2.22. The number of pyridine rings is 2. The van der Waals surface area contributed by atoms with Crippen LogP contribution in [0.2, 0.25) is 0 Å². The number of carbonyl (C=O) groups is 1. The number of nitrogens with zero attached hydrogens (tertiary/aromatic N) is 7. The Labute approximate surface area is 179 Å². The SMILES string of the molecule is CN(Cc1ccccn1)C(=O)c1ccn(-c2ccc3ccc(-c4cnn(C)c4)cn23)n1. The Bertz CT molecular complexity index is 1360. The topological polar surface area (TPSA) is 73.2 Å². The zero-order valence-corrected chi connectivity index (χ0v) is 17.3. The highest BCUT2D eigenvalue weighted by Gasteiger charge is 2.17. The quantitative estimate of drug-likeness (QED) is 0.445. The van der Waals surface area contributed by atoms with Gasteiger partial charge in [0.1, 0.15) is 5.82 Å². The number of rotatable bonds is 5. The lowest BCUT2D eigenvalue weighted by Crippen LogP contribution is -2.27. The van der Waals surface area contributed by atoms with Crippen molar-refractivity contribution in [1.82, 2.24) is 33.8 Å². The van der Waals surface area contributed by atoms with Crippen LogP contribution in [0, 0.1) is 0 Å². The minimum Gasteiger partial charge on any atom is -0.334 e. The van der Waals surface area contributed by atoms with Crippen molar-refractivity contribution in [2.45, 2.75) is 6.54 Å². The van der Waals surface area contributed by atoms with Gasteiger partial charge in [0.25, 0.3) is 5.91 Å². The van der Waals surface area contributed by atoms with E-state index in [1.54, 1.807) is 39.8 Å². The van der Waals surface area contributed by atoms with Crippen molar-refractivity contribution in [2.24, 2.45) is 7.05 Å². The molecule has 154 valence electrons. The molecule has 0 bridgehead atoms. The third-order valence-electron chi connectivity index (χ3n) is 5.18. The number of amides is 1. The van der Waals surface area contributed by atoms with Gasteiger partial charge in [-0.3, -0.25) is 14.5 Å². The van der Waals surface area contributed by atoms with E-state index >= 15 is 0 Å². The lowest BCUT2D eigenvalue weighted by Gasteiger charge is -2.15. The van der Waals surface area contributed by atoms with Crippen LogP contribution >= 0.6 is 0 Å². The molecule has 0 atom stereocenters. The van der Waals surface area contributed by atoms with Gasteiger partial charge in [-0.2, -0.15) is 10.2 Å². The molecule has 31 heavy (non-hydrogen) atoms. The number of carbonyl (C=O) groups excluding carboxylic acids is 1. The fraction of sp³-hybridized carbons (Fsp3) is 0.130. The summed E-state index contributed by atoms with van der Waals surface area (Å²) < 4.78 is 5.56. The highest BCUT2D eigenvalue weighted by atomic mass is 16.2. The van der Waals surface area contributed by atoms with Crippen LogP contribution in [0.5, 0.6) is 0 Å². The minimum atomic E-state index is -0.152. The van der Waals surface area contributed by atoms with Crippen molar-refractivity contribution >= 4 is 11.4 Å². The second-order valence-electron chi connectivity index (χ2n) is 7.43. The molecule has 1 amide bonds. The van der Waals surface area contributed by atoms with Gasteiger partial charge < -0.3 is 9.30 Å². The van der Waals surface area contributed by atoms with Gasteiger partial charge in [-0.1, -0.05) is 12.1 Å². The first-order valence-corrected chi connectivity index (χ1v) is 9.90. The maximum absolute atomic E-state index is 12.8. The van der Waals surface area contributed by atoms with E-state index in [0.29, 0.717) is 12.2 Å². The van der Waals surface area contributed by atoms with Gasteiger partial charge in [-0.25, -0.2) is 4.68 Å². The zero-order chi connectivity index (χ0) is 21.4. The van der Waals surface area contributed by atoms with Crippen molar-refractivity contribution < 1.29 is 4.79 Å². The predicted molar refractivity (Wildman–Crippen MR) is 117 cm³/mol. The molecule has 0 unspecified atom stereocenters. The van der Waals surface area contributed by atoms with E-state index in [4.69, 9.17) is 0 Å². The second-order valence-corrected chi connectivity index (χ2v) is 7.43. The largest absolute Gasteiger partial charge is 0.334 e. The lowest BCUT2D eigenvalue weighted by molar-refractivity contribution is 0.0777. The van der Waals surface area contributed by atoms with Gasteiger partial charge in [0.05, 0.1) is 18.4 Å². The van der Waals surface area contributed by atoms with Crippen molar-refractivity contribution in [3.05, 3.63) is 90.9 Å². The van der Waals surface area contributed by atoms with Crippen molar-refractivity contribution in [1.29, 1.82) is 0 Å². The van der Waals surface area contributed by atoms with Crippen LogP contribution in [0.25, 0.3) is 22.5 Å². The van der Waals surface area contributed by atoms with Crippen LogP contribution in [0.15, 0.2) is 79.5 Å². The molecular formula is C23H21N7O. The Kier molecular flexibility index (Phi) is 4.59. The summed E-state index contributed by atoms with van der Waals surface area (Å²) in [5.41, 5.74) is 4.35. The summed E-state index contributed by atoms with van der Waals surface area (Å²) in [6, 6.07) is 15.5. The molecule has 0 N–H and O–H groups in total. The first-order valence-electron chi connectivity index (χ1n) is 9.90. The van der Waals surface area contributed by atoms with E-state index in [-0.39, 0.29) is 5.91 Å². The Balaban J connectivity index is 1.43. The molecule has 5 aromatic heterocycles. The van der Waals surface area contributed by atoms with Crippen LogP contribution in [0.1, 0.15) is 16.2 Å². The fourth-order valence-electron chi connectivity index (χ4n) is 3.58. The Morgan fingerprint density at radius 2 is 1.90 bits per heavy atom. The third kappa shape index (κ3) is 3.59. The summed E-state index contributed by atoms with van der Waals surface area (Å²) in [4.78, 5) is 18.7. The van der Waals surface area contributed by atoms with E-state index < -0.39 is 0 Å². The van der Waals surface area contributed by atoms with Gasteiger partial charge in [0, 0.05) is 55.5 Å². The number of hydrogen-bond donors (Lipinski definition) is 0. The molecule has 5 rings (SSSR count). The van der Waals surface area contributed by atoms with Gasteiger partial charge in [0.15, 0.2) is 5.69 Å². The molecule has 0 saturated carbocycles. The van der Waals surface area contributed by atoms with Crippen LogP contribution in [-0.2, 0) is 13.6 Å². The molecule has 0 aromatic carbocycles. The zero-order valence-electron chi connectivity index (χ0n) is 17.3. The molecular weight excluding hydrogens is 390 g/mol. The Morgan fingerprint density at radius 3 is 2.68 bits per heavy atom. The molecule has 0 fully saturated rings. The summed E-state index contributed by atoms with van der Waals surface area (Å²) in [5.74, 6) is 0.702. The first kappa shape index (κ1) is 18.8. The number of hydrogen-bond acceptors (Lipinski definition) is 4. The molecule has 8 nitrogen and oxygen atoms in total. The molecule has 0 saturated heterocycles. The summed E-state index contributed by atoms with van der Waals surface area (Å²) in [6.45, 7) is 0.426. The van der Waals surface area contributed by atoms with Gasteiger partial charge >= 0.3 is 0 Å². The van der Waals surface area contributed by atoms with E-state index in [1.165, 1.54) is 0 Å². The summed E-state index contributed by atoms with van der Waals surface area (Å²) in [7, 11) is 3.65. The molecule has 0 radical (unpaired) electrons. The molecule has 0 aliphatic rings. The third-order valence-corrected chi connectivity index (χ3v) is 5.18. The average molecular weight is 411 g/mol. The molecule has 0 aliphatic carbocycles. The van der Waals surface area contributed by atoms with Crippen molar-refractivity contribution in [2.75, 3.05) is 7.05 Å². The average Bonchev–Trinajstić information content (AvgIpc) is 3.52. The van der Waals surface area contributed by atoms with Gasteiger partial charge in [-0.15, -0.1) is 0 Å². The van der Waals surface area contributed by atoms with Crippen LogP contribution in [0.3, 0.4) is 0 Å². The maximum Gasteiger partial charge on any atom is 0.274 e. The predicted octanol–water partition coefficient (Wildman–Crippen LogP) is 3.19. The van der Waals surface area contributed by atoms with Crippen LogP contribution in [0.4, 0.5) is 0 Å². The molecule has 5 heterocycles.